The van der Waals surface area contributed by atoms with Crippen LogP contribution in [-0.4, -0.2) is 49.8 Å². The van der Waals surface area contributed by atoms with E-state index in [1.54, 1.807) is 35.2 Å². The van der Waals surface area contributed by atoms with Crippen LogP contribution >= 0.6 is 0 Å². The average Bonchev–Trinajstić information content (AvgIpc) is 2.94. The molecule has 6 nitrogen and oxygen atoms in total. The average molecular weight is 373 g/mol. The van der Waals surface area contributed by atoms with Gasteiger partial charge in [0.25, 0.3) is 0 Å². The first-order valence-electron chi connectivity index (χ1n) is 8.69. The first-order chi connectivity index (χ1) is 12.6. The van der Waals surface area contributed by atoms with E-state index in [1.807, 2.05) is 30.3 Å². The van der Waals surface area contributed by atoms with Crippen molar-refractivity contribution in [2.75, 3.05) is 26.2 Å². The summed E-state index contributed by atoms with van der Waals surface area (Å²) in [7, 11) is -3.51. The summed E-state index contributed by atoms with van der Waals surface area (Å²) in [4.78, 5) is 14.4. The van der Waals surface area contributed by atoms with Crippen LogP contribution in [0.4, 0.5) is 4.79 Å². The SMILES string of the molecule is O=C(NCc1ccccc1)N1CCCN(S(=O)(=O)c2ccccc2)CC1. The zero-order valence-corrected chi connectivity index (χ0v) is 15.4. The molecule has 0 aromatic heterocycles. The quantitative estimate of drug-likeness (QED) is 0.894. The van der Waals surface area contributed by atoms with E-state index >= 15 is 0 Å². The summed E-state index contributed by atoms with van der Waals surface area (Å²) in [5, 5.41) is 2.90. The summed E-state index contributed by atoms with van der Waals surface area (Å²) < 4.78 is 26.9. The van der Waals surface area contributed by atoms with Gasteiger partial charge >= 0.3 is 6.03 Å². The van der Waals surface area contributed by atoms with Crippen LogP contribution in [-0.2, 0) is 16.6 Å². The third-order valence-electron chi connectivity index (χ3n) is 4.41. The van der Waals surface area contributed by atoms with E-state index in [-0.39, 0.29) is 6.03 Å². The lowest BCUT2D eigenvalue weighted by Gasteiger charge is -2.22. The normalized spacial score (nSPS) is 16.1. The molecule has 1 aliphatic heterocycles. The number of urea groups is 1. The van der Waals surface area contributed by atoms with Gasteiger partial charge < -0.3 is 10.2 Å². The Bertz CT molecular complexity index is 826. The Morgan fingerprint density at radius 3 is 2.23 bits per heavy atom. The fourth-order valence-electron chi connectivity index (χ4n) is 2.96. The highest BCUT2D eigenvalue weighted by Gasteiger charge is 2.27. The van der Waals surface area contributed by atoms with E-state index in [2.05, 4.69) is 5.32 Å². The fourth-order valence-corrected chi connectivity index (χ4v) is 4.45. The van der Waals surface area contributed by atoms with Gasteiger partial charge in [-0.25, -0.2) is 13.2 Å². The minimum atomic E-state index is -3.51. The summed E-state index contributed by atoms with van der Waals surface area (Å²) in [6.45, 7) is 2.10. The summed E-state index contributed by atoms with van der Waals surface area (Å²) in [5.74, 6) is 0. The smallest absolute Gasteiger partial charge is 0.317 e. The molecule has 1 aliphatic rings. The lowest BCUT2D eigenvalue weighted by Crippen LogP contribution is -2.42. The molecular formula is C19H23N3O3S. The standard InChI is InChI=1S/C19H23N3O3S/c23-19(20-16-17-8-3-1-4-9-17)21-12-7-13-22(15-14-21)26(24,25)18-10-5-2-6-11-18/h1-6,8-11H,7,12-16H2,(H,20,23). The van der Waals surface area contributed by atoms with Crippen LogP contribution in [0.2, 0.25) is 0 Å². The second-order valence-corrected chi connectivity index (χ2v) is 8.14. The highest BCUT2D eigenvalue weighted by atomic mass is 32.2. The van der Waals surface area contributed by atoms with E-state index < -0.39 is 10.0 Å². The number of hydrogen-bond donors (Lipinski definition) is 1. The largest absolute Gasteiger partial charge is 0.334 e. The van der Waals surface area contributed by atoms with E-state index in [0.717, 1.165) is 5.56 Å². The van der Waals surface area contributed by atoms with Crippen LogP contribution in [0.5, 0.6) is 0 Å². The van der Waals surface area contributed by atoms with Gasteiger partial charge in [-0.3, -0.25) is 0 Å². The topological polar surface area (TPSA) is 69.7 Å². The van der Waals surface area contributed by atoms with E-state index in [4.69, 9.17) is 0 Å². The Morgan fingerprint density at radius 1 is 0.885 bits per heavy atom. The van der Waals surface area contributed by atoms with Gasteiger partial charge in [-0.05, 0) is 24.1 Å². The number of amides is 2. The molecule has 0 bridgehead atoms. The number of sulfonamides is 1. The molecule has 3 rings (SSSR count). The minimum absolute atomic E-state index is 0.159. The predicted molar refractivity (Wildman–Crippen MR) is 100 cm³/mol. The maximum atomic E-state index is 12.7. The zero-order chi connectivity index (χ0) is 18.4. The second-order valence-electron chi connectivity index (χ2n) is 6.20. The number of hydrogen-bond acceptors (Lipinski definition) is 3. The highest BCUT2D eigenvalue weighted by Crippen LogP contribution is 2.17. The molecule has 1 N–H and O–H groups in total. The monoisotopic (exact) mass is 373 g/mol. The molecule has 2 aromatic carbocycles. The summed E-state index contributed by atoms with van der Waals surface area (Å²) in [5.41, 5.74) is 1.03. The van der Waals surface area contributed by atoms with E-state index in [9.17, 15) is 13.2 Å². The maximum Gasteiger partial charge on any atom is 0.317 e. The van der Waals surface area contributed by atoms with Crippen molar-refractivity contribution in [1.29, 1.82) is 0 Å². The van der Waals surface area contributed by atoms with Crippen molar-refractivity contribution in [2.45, 2.75) is 17.9 Å². The van der Waals surface area contributed by atoms with Gasteiger partial charge in [0.05, 0.1) is 4.90 Å². The van der Waals surface area contributed by atoms with Crippen LogP contribution < -0.4 is 5.32 Å². The molecule has 1 fully saturated rings. The molecule has 1 saturated heterocycles. The fraction of sp³-hybridized carbons (Fsp3) is 0.316. The van der Waals surface area contributed by atoms with Crippen molar-refractivity contribution in [1.82, 2.24) is 14.5 Å². The lowest BCUT2D eigenvalue weighted by molar-refractivity contribution is 0.200. The second kappa shape index (κ2) is 8.33. The molecule has 0 radical (unpaired) electrons. The van der Waals surface area contributed by atoms with Crippen molar-refractivity contribution in [2.24, 2.45) is 0 Å². The van der Waals surface area contributed by atoms with Crippen LogP contribution in [0.3, 0.4) is 0 Å². The van der Waals surface area contributed by atoms with E-state index in [0.29, 0.717) is 44.0 Å². The number of nitrogens with zero attached hydrogens (tertiary/aromatic N) is 2. The number of carbonyl (C=O) groups is 1. The van der Waals surface area contributed by atoms with Crippen molar-refractivity contribution < 1.29 is 13.2 Å². The van der Waals surface area contributed by atoms with Crippen molar-refractivity contribution in [3.8, 4) is 0 Å². The van der Waals surface area contributed by atoms with Crippen molar-refractivity contribution in [3.05, 3.63) is 66.2 Å². The zero-order valence-electron chi connectivity index (χ0n) is 14.5. The Labute approximate surface area is 154 Å². The molecule has 0 aliphatic carbocycles. The van der Waals surface area contributed by atoms with Gasteiger partial charge in [0.1, 0.15) is 0 Å². The van der Waals surface area contributed by atoms with Gasteiger partial charge in [0.15, 0.2) is 0 Å². The Balaban J connectivity index is 1.58. The summed E-state index contributed by atoms with van der Waals surface area (Å²) >= 11 is 0. The number of nitrogens with one attached hydrogen (secondary N) is 1. The molecule has 0 saturated carbocycles. The molecule has 0 spiro atoms. The lowest BCUT2D eigenvalue weighted by atomic mass is 10.2. The summed E-state index contributed by atoms with van der Waals surface area (Å²) in [6.07, 6.45) is 0.616. The van der Waals surface area contributed by atoms with Crippen molar-refractivity contribution >= 4 is 16.1 Å². The number of rotatable bonds is 4. The molecule has 138 valence electrons. The van der Waals surface area contributed by atoms with Gasteiger partial charge in [0.2, 0.25) is 10.0 Å². The molecule has 0 unspecified atom stereocenters. The van der Waals surface area contributed by atoms with Crippen LogP contribution in [0.1, 0.15) is 12.0 Å². The molecule has 0 atom stereocenters. The molecule has 7 heteroatoms. The van der Waals surface area contributed by atoms with E-state index in [1.165, 1.54) is 4.31 Å². The van der Waals surface area contributed by atoms with Crippen LogP contribution in [0.25, 0.3) is 0 Å². The van der Waals surface area contributed by atoms with Crippen LogP contribution in [0.15, 0.2) is 65.6 Å². The predicted octanol–water partition coefficient (Wildman–Crippen LogP) is 2.29. The van der Waals surface area contributed by atoms with Gasteiger partial charge in [-0.2, -0.15) is 4.31 Å². The third kappa shape index (κ3) is 4.42. The Hall–Kier alpha value is -2.38. The van der Waals surface area contributed by atoms with Crippen LogP contribution in [0, 0.1) is 0 Å². The number of carbonyl (C=O) groups excluding carboxylic acids is 1. The van der Waals surface area contributed by atoms with Gasteiger partial charge in [-0.15, -0.1) is 0 Å². The molecule has 1 heterocycles. The first-order valence-corrected chi connectivity index (χ1v) is 10.1. The van der Waals surface area contributed by atoms with Gasteiger partial charge in [0, 0.05) is 32.7 Å². The maximum absolute atomic E-state index is 12.7. The third-order valence-corrected chi connectivity index (χ3v) is 6.32. The van der Waals surface area contributed by atoms with Crippen molar-refractivity contribution in [3.63, 3.8) is 0 Å². The molecular weight excluding hydrogens is 350 g/mol. The summed E-state index contributed by atoms with van der Waals surface area (Å²) in [6, 6.07) is 18.0. The number of benzene rings is 2. The molecule has 2 amide bonds. The Kier molecular flexibility index (Phi) is 5.90. The highest BCUT2D eigenvalue weighted by molar-refractivity contribution is 7.89. The Morgan fingerprint density at radius 2 is 1.54 bits per heavy atom. The first kappa shape index (κ1) is 18.4. The van der Waals surface area contributed by atoms with Gasteiger partial charge in [-0.1, -0.05) is 48.5 Å². The molecule has 2 aromatic rings. The minimum Gasteiger partial charge on any atom is -0.334 e. The molecule has 26 heavy (non-hydrogen) atoms.